The number of anilines is 1. The molecule has 6 heteroatoms. The van der Waals surface area contributed by atoms with Gasteiger partial charge in [-0.25, -0.2) is 4.98 Å². The topological polar surface area (TPSA) is 68.0 Å². The van der Waals surface area contributed by atoms with Gasteiger partial charge in [0.1, 0.15) is 5.15 Å². The van der Waals surface area contributed by atoms with Crippen LogP contribution in [0.5, 0.6) is 0 Å². The minimum Gasteiger partial charge on any atom is -0.322 e. The van der Waals surface area contributed by atoms with Crippen molar-refractivity contribution < 1.29 is 4.79 Å². The molecule has 17 heavy (non-hydrogen) atoms. The second-order valence-electron chi connectivity index (χ2n) is 4.19. The van der Waals surface area contributed by atoms with Gasteiger partial charge in [0, 0.05) is 0 Å². The monoisotopic (exact) mass is 275 g/mol. The van der Waals surface area contributed by atoms with Crippen LogP contribution in [-0.2, 0) is 4.79 Å². The molecule has 0 aliphatic heterocycles. The van der Waals surface area contributed by atoms with Crippen LogP contribution in [0.1, 0.15) is 19.4 Å². The fourth-order valence-corrected chi connectivity index (χ4v) is 1.83. The molecule has 0 unspecified atom stereocenters. The number of amides is 1. The first-order chi connectivity index (χ1) is 7.82. The fourth-order valence-electron chi connectivity index (χ4n) is 1.25. The zero-order valence-corrected chi connectivity index (χ0v) is 11.4. The summed E-state index contributed by atoms with van der Waals surface area (Å²) in [5, 5.41) is 3.13. The van der Waals surface area contributed by atoms with Crippen LogP contribution in [0.3, 0.4) is 0 Å². The predicted octanol–water partition coefficient (Wildman–Crippen LogP) is 2.62. The van der Waals surface area contributed by atoms with Gasteiger partial charge >= 0.3 is 0 Å². The molecule has 94 valence electrons. The lowest BCUT2D eigenvalue weighted by Crippen LogP contribution is -2.40. The maximum Gasteiger partial charge on any atom is 0.241 e. The fraction of sp³-hybridized carbons (Fsp3) is 0.455. The lowest BCUT2D eigenvalue weighted by molar-refractivity contribution is -0.118. The van der Waals surface area contributed by atoms with Gasteiger partial charge in [0.25, 0.3) is 0 Å². The van der Waals surface area contributed by atoms with Crippen molar-refractivity contribution in [2.24, 2.45) is 11.7 Å². The molecule has 1 atom stereocenters. The Morgan fingerprint density at radius 1 is 1.47 bits per heavy atom. The Morgan fingerprint density at radius 2 is 2.06 bits per heavy atom. The lowest BCUT2D eigenvalue weighted by atomic mass is 10.0. The van der Waals surface area contributed by atoms with Crippen LogP contribution in [0.4, 0.5) is 5.69 Å². The van der Waals surface area contributed by atoms with Gasteiger partial charge in [0.15, 0.2) is 5.15 Å². The van der Waals surface area contributed by atoms with Crippen LogP contribution >= 0.6 is 23.2 Å². The van der Waals surface area contributed by atoms with Crippen LogP contribution in [0.25, 0.3) is 0 Å². The quantitative estimate of drug-likeness (QED) is 0.834. The third-order valence-corrected chi connectivity index (χ3v) is 2.88. The first-order valence-electron chi connectivity index (χ1n) is 5.22. The SMILES string of the molecule is Cc1cc(Cl)nc(Cl)c1NC(=O)[C@H](N)C(C)C. The van der Waals surface area contributed by atoms with Gasteiger partial charge in [-0.15, -0.1) is 0 Å². The second-order valence-corrected chi connectivity index (χ2v) is 4.93. The zero-order valence-electron chi connectivity index (χ0n) is 9.92. The molecular weight excluding hydrogens is 261 g/mol. The molecule has 0 bridgehead atoms. The van der Waals surface area contributed by atoms with Gasteiger partial charge in [-0.05, 0) is 24.5 Å². The number of halogens is 2. The highest BCUT2D eigenvalue weighted by molar-refractivity contribution is 6.34. The van der Waals surface area contributed by atoms with Crippen molar-refractivity contribution >= 4 is 34.8 Å². The summed E-state index contributed by atoms with van der Waals surface area (Å²) in [4.78, 5) is 15.7. The molecule has 0 radical (unpaired) electrons. The summed E-state index contributed by atoms with van der Waals surface area (Å²) in [6.45, 7) is 5.54. The van der Waals surface area contributed by atoms with Crippen molar-refractivity contribution in [3.05, 3.63) is 21.9 Å². The Balaban J connectivity index is 2.93. The van der Waals surface area contributed by atoms with Crippen LogP contribution in [0.2, 0.25) is 10.3 Å². The van der Waals surface area contributed by atoms with E-state index in [-0.39, 0.29) is 17.0 Å². The Kier molecular flexibility index (Phi) is 4.74. The zero-order chi connectivity index (χ0) is 13.2. The largest absolute Gasteiger partial charge is 0.322 e. The molecule has 0 spiro atoms. The summed E-state index contributed by atoms with van der Waals surface area (Å²) in [5.74, 6) is -0.233. The highest BCUT2D eigenvalue weighted by atomic mass is 35.5. The van der Waals surface area contributed by atoms with E-state index in [1.807, 2.05) is 13.8 Å². The number of rotatable bonds is 3. The lowest BCUT2D eigenvalue weighted by Gasteiger charge is -2.17. The van der Waals surface area contributed by atoms with E-state index in [4.69, 9.17) is 28.9 Å². The second kappa shape index (κ2) is 5.67. The number of hydrogen-bond donors (Lipinski definition) is 2. The number of nitrogens with two attached hydrogens (primary N) is 1. The number of hydrogen-bond acceptors (Lipinski definition) is 3. The van der Waals surface area contributed by atoms with Crippen molar-refractivity contribution in [1.82, 2.24) is 4.98 Å². The maximum absolute atomic E-state index is 11.8. The number of nitrogens with zero attached hydrogens (tertiary/aromatic N) is 1. The molecule has 0 saturated heterocycles. The van der Waals surface area contributed by atoms with E-state index < -0.39 is 6.04 Å². The molecule has 1 amide bonds. The summed E-state index contributed by atoms with van der Waals surface area (Å²) in [5.41, 5.74) is 6.94. The Bertz CT molecular complexity index is 412. The summed E-state index contributed by atoms with van der Waals surface area (Å²) in [6.07, 6.45) is 0. The Morgan fingerprint density at radius 3 is 2.53 bits per heavy atom. The van der Waals surface area contributed by atoms with Crippen LogP contribution in [0, 0.1) is 12.8 Å². The highest BCUT2D eigenvalue weighted by Gasteiger charge is 2.19. The van der Waals surface area contributed by atoms with E-state index in [9.17, 15) is 4.79 Å². The molecular formula is C11H15Cl2N3O. The minimum atomic E-state index is -0.582. The van der Waals surface area contributed by atoms with Gasteiger partial charge in [0.2, 0.25) is 5.91 Å². The minimum absolute atomic E-state index is 0.0503. The average Bonchev–Trinajstić information content (AvgIpc) is 2.21. The Hall–Kier alpha value is -0.840. The molecule has 1 rings (SSSR count). The summed E-state index contributed by atoms with van der Waals surface area (Å²) < 4.78 is 0. The molecule has 0 aromatic carbocycles. The molecule has 1 heterocycles. The standard InChI is InChI=1S/C11H15Cl2N3O/c1-5(2)8(14)11(17)16-9-6(3)4-7(12)15-10(9)13/h4-5,8H,14H2,1-3H3,(H,16,17)/t8-/m1/s1. The third kappa shape index (κ3) is 3.56. The number of aromatic nitrogens is 1. The molecule has 1 aromatic rings. The van der Waals surface area contributed by atoms with Gasteiger partial charge in [-0.3, -0.25) is 4.79 Å². The van der Waals surface area contributed by atoms with E-state index in [2.05, 4.69) is 10.3 Å². The van der Waals surface area contributed by atoms with Crippen molar-refractivity contribution in [2.75, 3.05) is 5.32 Å². The number of carbonyl (C=O) groups excluding carboxylic acids is 1. The number of carbonyl (C=O) groups is 1. The van der Waals surface area contributed by atoms with Crippen LogP contribution in [0.15, 0.2) is 6.07 Å². The molecule has 3 N–H and O–H groups in total. The number of aryl methyl sites for hydroxylation is 1. The van der Waals surface area contributed by atoms with Gasteiger partial charge in [-0.1, -0.05) is 37.0 Å². The number of pyridine rings is 1. The van der Waals surface area contributed by atoms with E-state index in [0.717, 1.165) is 5.56 Å². The smallest absolute Gasteiger partial charge is 0.241 e. The summed E-state index contributed by atoms with van der Waals surface area (Å²) in [6, 6.07) is 1.05. The molecule has 4 nitrogen and oxygen atoms in total. The molecule has 1 aromatic heterocycles. The first kappa shape index (κ1) is 14.2. The predicted molar refractivity (Wildman–Crippen MR) is 70.4 cm³/mol. The van der Waals surface area contributed by atoms with Crippen LogP contribution < -0.4 is 11.1 Å². The van der Waals surface area contributed by atoms with E-state index >= 15 is 0 Å². The molecule has 0 aliphatic rings. The van der Waals surface area contributed by atoms with Crippen molar-refractivity contribution in [3.63, 3.8) is 0 Å². The van der Waals surface area contributed by atoms with Crippen molar-refractivity contribution in [3.8, 4) is 0 Å². The maximum atomic E-state index is 11.8. The van der Waals surface area contributed by atoms with Gasteiger partial charge in [-0.2, -0.15) is 0 Å². The first-order valence-corrected chi connectivity index (χ1v) is 5.97. The third-order valence-electron chi connectivity index (χ3n) is 2.41. The van der Waals surface area contributed by atoms with Crippen molar-refractivity contribution in [2.45, 2.75) is 26.8 Å². The van der Waals surface area contributed by atoms with Crippen molar-refractivity contribution in [1.29, 1.82) is 0 Å². The van der Waals surface area contributed by atoms with E-state index in [0.29, 0.717) is 10.8 Å². The van der Waals surface area contributed by atoms with Gasteiger partial charge in [0.05, 0.1) is 11.7 Å². The highest BCUT2D eigenvalue weighted by Crippen LogP contribution is 2.26. The van der Waals surface area contributed by atoms with E-state index in [1.54, 1.807) is 13.0 Å². The summed E-state index contributed by atoms with van der Waals surface area (Å²) in [7, 11) is 0. The number of nitrogens with one attached hydrogen (secondary N) is 1. The van der Waals surface area contributed by atoms with Gasteiger partial charge < -0.3 is 11.1 Å². The molecule has 0 saturated carbocycles. The normalized spacial score (nSPS) is 12.6. The molecule has 0 fully saturated rings. The summed E-state index contributed by atoms with van der Waals surface area (Å²) >= 11 is 11.7. The van der Waals surface area contributed by atoms with E-state index in [1.165, 1.54) is 0 Å². The Labute approximate surface area is 110 Å². The molecule has 0 aliphatic carbocycles. The van der Waals surface area contributed by atoms with Crippen LogP contribution in [-0.4, -0.2) is 16.9 Å². The average molecular weight is 276 g/mol.